The van der Waals surface area contributed by atoms with Crippen LogP contribution in [0.2, 0.25) is 0 Å². The van der Waals surface area contributed by atoms with E-state index < -0.39 is 10.0 Å². The lowest BCUT2D eigenvalue weighted by Crippen LogP contribution is -2.29. The number of nitrogens with two attached hydrogens (primary N) is 1. The lowest BCUT2D eigenvalue weighted by molar-refractivity contribution is 0.584. The molecule has 10 heavy (non-hydrogen) atoms. The SMILES string of the molecule is CCNS(=O)(=O)CCN.Cl. The molecule has 0 aromatic heterocycles. The van der Waals surface area contributed by atoms with Crippen molar-refractivity contribution in [2.75, 3.05) is 18.8 Å². The molecule has 3 N–H and O–H groups in total. The molecule has 0 saturated carbocycles. The summed E-state index contributed by atoms with van der Waals surface area (Å²) in [6.07, 6.45) is 0. The summed E-state index contributed by atoms with van der Waals surface area (Å²) in [5.41, 5.74) is 5.03. The molecule has 0 rings (SSSR count). The van der Waals surface area contributed by atoms with Crippen molar-refractivity contribution in [2.45, 2.75) is 6.92 Å². The first-order chi connectivity index (χ1) is 4.12. The molecule has 0 aromatic carbocycles. The normalized spacial score (nSPS) is 10.6. The molecule has 0 fully saturated rings. The Morgan fingerprint density at radius 2 is 2.00 bits per heavy atom. The third kappa shape index (κ3) is 6.28. The molecule has 0 bridgehead atoms. The van der Waals surface area contributed by atoms with E-state index in [2.05, 4.69) is 4.72 Å². The average Bonchev–Trinajstić information content (AvgIpc) is 1.64. The van der Waals surface area contributed by atoms with Gasteiger partial charge < -0.3 is 5.73 Å². The molecule has 0 amide bonds. The topological polar surface area (TPSA) is 72.2 Å². The highest BCUT2D eigenvalue weighted by atomic mass is 35.5. The van der Waals surface area contributed by atoms with Gasteiger partial charge in [-0.05, 0) is 0 Å². The minimum atomic E-state index is -3.06. The number of rotatable bonds is 4. The Bertz CT molecular complexity index is 145. The molecule has 0 spiro atoms. The molecule has 6 heteroatoms. The van der Waals surface area contributed by atoms with Crippen LogP contribution in [-0.4, -0.2) is 27.3 Å². The Morgan fingerprint density at radius 3 is 2.30 bits per heavy atom. The Hall–Kier alpha value is 0.160. The number of sulfonamides is 1. The lowest BCUT2D eigenvalue weighted by atomic mass is 10.8. The number of hydrogen-bond donors (Lipinski definition) is 2. The largest absolute Gasteiger partial charge is 0.329 e. The summed E-state index contributed by atoms with van der Waals surface area (Å²) in [6, 6.07) is 0. The van der Waals surface area contributed by atoms with E-state index in [0.29, 0.717) is 6.54 Å². The van der Waals surface area contributed by atoms with E-state index in [1.54, 1.807) is 6.92 Å². The van der Waals surface area contributed by atoms with Gasteiger partial charge in [0.1, 0.15) is 0 Å². The van der Waals surface area contributed by atoms with Crippen molar-refractivity contribution in [1.29, 1.82) is 0 Å². The van der Waals surface area contributed by atoms with Crippen LogP contribution in [0.3, 0.4) is 0 Å². The zero-order valence-electron chi connectivity index (χ0n) is 5.83. The van der Waals surface area contributed by atoms with Crippen molar-refractivity contribution in [3.63, 3.8) is 0 Å². The molecular formula is C4H13ClN2O2S. The van der Waals surface area contributed by atoms with E-state index in [4.69, 9.17) is 5.73 Å². The number of halogens is 1. The van der Waals surface area contributed by atoms with Crippen LogP contribution < -0.4 is 10.5 Å². The lowest BCUT2D eigenvalue weighted by Gasteiger charge is -1.99. The van der Waals surface area contributed by atoms with Crippen LogP contribution in [0, 0.1) is 0 Å². The zero-order valence-corrected chi connectivity index (χ0v) is 7.46. The fourth-order valence-electron chi connectivity index (χ4n) is 0.447. The van der Waals surface area contributed by atoms with E-state index in [0.717, 1.165) is 0 Å². The van der Waals surface area contributed by atoms with Crippen molar-refractivity contribution >= 4 is 22.4 Å². The second kappa shape index (κ2) is 5.91. The molecule has 0 aliphatic heterocycles. The van der Waals surface area contributed by atoms with Crippen molar-refractivity contribution in [3.8, 4) is 0 Å². The highest BCUT2D eigenvalue weighted by molar-refractivity contribution is 7.89. The number of nitrogens with one attached hydrogen (secondary N) is 1. The summed E-state index contributed by atoms with van der Waals surface area (Å²) >= 11 is 0. The number of hydrogen-bond acceptors (Lipinski definition) is 3. The third-order valence-corrected chi connectivity index (χ3v) is 2.25. The molecule has 0 heterocycles. The minimum Gasteiger partial charge on any atom is -0.329 e. The van der Waals surface area contributed by atoms with Crippen molar-refractivity contribution in [3.05, 3.63) is 0 Å². The van der Waals surface area contributed by atoms with Gasteiger partial charge in [0.15, 0.2) is 0 Å². The van der Waals surface area contributed by atoms with Gasteiger partial charge in [-0.3, -0.25) is 0 Å². The van der Waals surface area contributed by atoms with Gasteiger partial charge in [0.2, 0.25) is 10.0 Å². The van der Waals surface area contributed by atoms with Crippen molar-refractivity contribution in [1.82, 2.24) is 4.72 Å². The maximum absolute atomic E-state index is 10.6. The van der Waals surface area contributed by atoms with Gasteiger partial charge >= 0.3 is 0 Å². The first-order valence-corrected chi connectivity index (χ1v) is 4.45. The summed E-state index contributed by atoms with van der Waals surface area (Å²) in [6.45, 7) is 2.34. The smallest absolute Gasteiger partial charge is 0.212 e. The zero-order chi connectivity index (χ0) is 7.33. The molecule has 0 atom stereocenters. The summed E-state index contributed by atoms with van der Waals surface area (Å²) in [5, 5.41) is 0. The maximum atomic E-state index is 10.6. The van der Waals surface area contributed by atoms with Crippen LogP contribution in [0.25, 0.3) is 0 Å². The van der Waals surface area contributed by atoms with Gasteiger partial charge in [-0.25, -0.2) is 13.1 Å². The molecule has 0 aliphatic rings. The first-order valence-electron chi connectivity index (χ1n) is 2.80. The van der Waals surface area contributed by atoms with Crippen LogP contribution >= 0.6 is 12.4 Å². The predicted molar refractivity (Wildman–Crippen MR) is 43.8 cm³/mol. The summed E-state index contributed by atoms with van der Waals surface area (Å²) in [5.74, 6) is 0.0147. The van der Waals surface area contributed by atoms with E-state index >= 15 is 0 Å². The van der Waals surface area contributed by atoms with Crippen LogP contribution in [0.4, 0.5) is 0 Å². The fourth-order valence-corrected chi connectivity index (χ4v) is 1.34. The van der Waals surface area contributed by atoms with Crippen LogP contribution in [-0.2, 0) is 10.0 Å². The Morgan fingerprint density at radius 1 is 1.50 bits per heavy atom. The Kier molecular flexibility index (Phi) is 7.56. The van der Waals surface area contributed by atoms with Gasteiger partial charge in [0, 0.05) is 13.1 Å². The van der Waals surface area contributed by atoms with Gasteiger partial charge in [-0.2, -0.15) is 0 Å². The molecular weight excluding hydrogens is 176 g/mol. The first kappa shape index (κ1) is 12.8. The van der Waals surface area contributed by atoms with Gasteiger partial charge in [-0.1, -0.05) is 6.92 Å². The molecule has 0 radical (unpaired) electrons. The highest BCUT2D eigenvalue weighted by Gasteiger charge is 2.04. The van der Waals surface area contributed by atoms with Gasteiger partial charge in [0.25, 0.3) is 0 Å². The van der Waals surface area contributed by atoms with E-state index in [1.165, 1.54) is 0 Å². The standard InChI is InChI=1S/C4H12N2O2S.ClH/c1-2-6-9(7,8)4-3-5;/h6H,2-5H2,1H3;1H. The highest BCUT2D eigenvalue weighted by Crippen LogP contribution is 1.78. The van der Waals surface area contributed by atoms with Crippen LogP contribution in [0.5, 0.6) is 0 Å². The summed E-state index contributed by atoms with van der Waals surface area (Å²) in [7, 11) is -3.06. The average molecular weight is 189 g/mol. The second-order valence-electron chi connectivity index (χ2n) is 1.61. The van der Waals surface area contributed by atoms with Crippen LogP contribution in [0.15, 0.2) is 0 Å². The Labute approximate surface area is 67.6 Å². The van der Waals surface area contributed by atoms with Crippen molar-refractivity contribution in [2.24, 2.45) is 5.73 Å². The molecule has 4 nitrogen and oxygen atoms in total. The maximum Gasteiger partial charge on any atom is 0.212 e. The third-order valence-electron chi connectivity index (χ3n) is 0.751. The van der Waals surface area contributed by atoms with Gasteiger partial charge in [0.05, 0.1) is 5.75 Å². The second-order valence-corrected chi connectivity index (χ2v) is 3.53. The summed E-state index contributed by atoms with van der Waals surface area (Å²) in [4.78, 5) is 0. The molecule has 0 unspecified atom stereocenters. The predicted octanol–water partition coefficient (Wildman–Crippen LogP) is -0.694. The quantitative estimate of drug-likeness (QED) is 0.614. The molecule has 0 saturated heterocycles. The minimum absolute atomic E-state index is 0. The molecule has 0 aliphatic carbocycles. The van der Waals surface area contributed by atoms with Crippen molar-refractivity contribution < 1.29 is 8.42 Å². The molecule has 0 aromatic rings. The van der Waals surface area contributed by atoms with E-state index in [-0.39, 0.29) is 24.7 Å². The van der Waals surface area contributed by atoms with E-state index in [1.807, 2.05) is 0 Å². The van der Waals surface area contributed by atoms with Gasteiger partial charge in [-0.15, -0.1) is 12.4 Å². The molecule has 64 valence electrons. The Balaban J connectivity index is 0. The van der Waals surface area contributed by atoms with E-state index in [9.17, 15) is 8.42 Å². The summed E-state index contributed by atoms with van der Waals surface area (Å²) < 4.78 is 23.6. The monoisotopic (exact) mass is 188 g/mol. The van der Waals surface area contributed by atoms with Crippen LogP contribution in [0.1, 0.15) is 6.92 Å². The fraction of sp³-hybridized carbons (Fsp3) is 1.00.